The van der Waals surface area contributed by atoms with Crippen LogP contribution in [0.5, 0.6) is 11.5 Å². The number of hydroxylamine groups is 2. The summed E-state index contributed by atoms with van der Waals surface area (Å²) < 4.78 is 40.4. The normalized spacial score (nSPS) is 18.8. The number of rotatable bonds is 9. The fourth-order valence-electron chi connectivity index (χ4n) is 3.79. The summed E-state index contributed by atoms with van der Waals surface area (Å²) in [6.07, 6.45) is 1.63. The summed E-state index contributed by atoms with van der Waals surface area (Å²) in [6, 6.07) is 20.2. The van der Waals surface area contributed by atoms with E-state index >= 15 is 0 Å². The Labute approximate surface area is 194 Å². The van der Waals surface area contributed by atoms with Crippen LogP contribution in [0, 0.1) is 0 Å². The van der Waals surface area contributed by atoms with Crippen LogP contribution in [-0.2, 0) is 28.0 Å². The highest BCUT2D eigenvalue weighted by atomic mass is 32.2. The van der Waals surface area contributed by atoms with E-state index in [1.165, 1.54) is 0 Å². The van der Waals surface area contributed by atoms with Crippen molar-refractivity contribution in [2.45, 2.75) is 24.4 Å². The largest absolute Gasteiger partial charge is 0.493 e. The monoisotopic (exact) mass is 469 g/mol. The molecular weight excluding hydrogens is 442 g/mol. The molecule has 0 saturated carbocycles. The van der Waals surface area contributed by atoms with E-state index in [1.807, 2.05) is 42.5 Å². The Morgan fingerprint density at radius 2 is 1.88 bits per heavy atom. The maximum atomic E-state index is 13.1. The standard InChI is InChI=1S/C24H27N3O5S/c1-27-24(23(17-32-27)33(28,29)26-15-20-10-6-7-13-25-20)19-11-12-21(22(14-19)30-2)31-16-18-8-4-3-5-9-18/h3-14,23-24,26H,15-17H2,1-2H3/t23-,24+/m1/s1. The van der Waals surface area contributed by atoms with E-state index in [4.69, 9.17) is 14.3 Å². The molecule has 2 heterocycles. The lowest BCUT2D eigenvalue weighted by atomic mass is 10.0. The van der Waals surface area contributed by atoms with E-state index in [1.54, 1.807) is 49.7 Å². The zero-order chi connectivity index (χ0) is 23.3. The average Bonchev–Trinajstić information content (AvgIpc) is 3.25. The zero-order valence-electron chi connectivity index (χ0n) is 18.5. The van der Waals surface area contributed by atoms with Gasteiger partial charge < -0.3 is 9.47 Å². The van der Waals surface area contributed by atoms with Crippen LogP contribution in [0.15, 0.2) is 72.9 Å². The number of benzene rings is 2. The molecule has 0 unspecified atom stereocenters. The molecule has 2 aromatic carbocycles. The van der Waals surface area contributed by atoms with E-state index in [0.717, 1.165) is 11.1 Å². The number of aromatic nitrogens is 1. The van der Waals surface area contributed by atoms with E-state index in [-0.39, 0.29) is 13.2 Å². The van der Waals surface area contributed by atoms with Gasteiger partial charge in [0, 0.05) is 13.2 Å². The number of hydrogen-bond acceptors (Lipinski definition) is 7. The first-order valence-electron chi connectivity index (χ1n) is 10.6. The van der Waals surface area contributed by atoms with Crippen LogP contribution < -0.4 is 14.2 Å². The second-order valence-electron chi connectivity index (χ2n) is 7.70. The summed E-state index contributed by atoms with van der Waals surface area (Å²) in [7, 11) is -0.404. The fourth-order valence-corrected chi connectivity index (χ4v) is 5.26. The van der Waals surface area contributed by atoms with Crippen LogP contribution >= 0.6 is 0 Å². The highest BCUT2D eigenvalue weighted by Crippen LogP contribution is 2.38. The summed E-state index contributed by atoms with van der Waals surface area (Å²) in [5.41, 5.74) is 2.44. The van der Waals surface area contributed by atoms with Gasteiger partial charge in [-0.1, -0.05) is 42.5 Å². The predicted molar refractivity (Wildman–Crippen MR) is 124 cm³/mol. The Bertz CT molecular complexity index is 1160. The molecule has 1 saturated heterocycles. The molecule has 1 N–H and O–H groups in total. The van der Waals surface area contributed by atoms with Gasteiger partial charge in [0.2, 0.25) is 10.0 Å². The van der Waals surface area contributed by atoms with Gasteiger partial charge in [0.15, 0.2) is 11.5 Å². The average molecular weight is 470 g/mol. The lowest BCUT2D eigenvalue weighted by Gasteiger charge is -2.24. The van der Waals surface area contributed by atoms with Gasteiger partial charge in [-0.2, -0.15) is 5.06 Å². The van der Waals surface area contributed by atoms with Gasteiger partial charge in [-0.05, 0) is 35.4 Å². The molecule has 0 aliphatic carbocycles. The summed E-state index contributed by atoms with van der Waals surface area (Å²) in [6.45, 7) is 0.566. The van der Waals surface area contributed by atoms with Crippen molar-refractivity contribution in [2.24, 2.45) is 0 Å². The van der Waals surface area contributed by atoms with Gasteiger partial charge in [-0.3, -0.25) is 9.82 Å². The fraction of sp³-hybridized carbons (Fsp3) is 0.292. The van der Waals surface area contributed by atoms with Crippen LogP contribution in [0.1, 0.15) is 22.9 Å². The van der Waals surface area contributed by atoms with E-state index < -0.39 is 21.3 Å². The summed E-state index contributed by atoms with van der Waals surface area (Å²) in [5.74, 6) is 1.11. The first kappa shape index (κ1) is 23.2. The molecule has 0 amide bonds. The van der Waals surface area contributed by atoms with Crippen molar-refractivity contribution in [2.75, 3.05) is 20.8 Å². The van der Waals surface area contributed by atoms with Gasteiger partial charge in [-0.15, -0.1) is 0 Å². The zero-order valence-corrected chi connectivity index (χ0v) is 19.4. The van der Waals surface area contributed by atoms with Crippen molar-refractivity contribution < 1.29 is 22.7 Å². The third-order valence-electron chi connectivity index (χ3n) is 5.53. The Kier molecular flexibility index (Phi) is 7.24. The second-order valence-corrected chi connectivity index (χ2v) is 9.68. The molecule has 2 atom stereocenters. The Hall–Kier alpha value is -2.98. The topological polar surface area (TPSA) is 90.0 Å². The van der Waals surface area contributed by atoms with Crippen molar-refractivity contribution in [1.82, 2.24) is 14.8 Å². The Morgan fingerprint density at radius 3 is 2.61 bits per heavy atom. The predicted octanol–water partition coefficient (Wildman–Crippen LogP) is 3.08. The third kappa shape index (κ3) is 5.51. The van der Waals surface area contributed by atoms with Gasteiger partial charge in [0.1, 0.15) is 11.9 Å². The SMILES string of the molecule is COc1cc([C@H]2[C@H](S(=O)(=O)NCc3ccccn3)CON2C)ccc1OCc1ccccc1. The first-order valence-corrected chi connectivity index (χ1v) is 12.1. The molecule has 1 fully saturated rings. The maximum Gasteiger partial charge on any atom is 0.219 e. The minimum Gasteiger partial charge on any atom is -0.493 e. The molecule has 9 heteroatoms. The van der Waals surface area contributed by atoms with Gasteiger partial charge in [0.25, 0.3) is 0 Å². The summed E-state index contributed by atoms with van der Waals surface area (Å²) in [4.78, 5) is 9.78. The molecule has 3 aromatic rings. The van der Waals surface area contributed by atoms with E-state index in [2.05, 4.69) is 9.71 Å². The van der Waals surface area contributed by atoms with Gasteiger partial charge in [-0.25, -0.2) is 13.1 Å². The van der Waals surface area contributed by atoms with Crippen LogP contribution in [0.3, 0.4) is 0 Å². The van der Waals surface area contributed by atoms with Gasteiger partial charge >= 0.3 is 0 Å². The van der Waals surface area contributed by atoms with Crippen molar-refractivity contribution in [1.29, 1.82) is 0 Å². The van der Waals surface area contributed by atoms with Crippen LogP contribution in [0.25, 0.3) is 0 Å². The number of hydrogen-bond donors (Lipinski definition) is 1. The number of nitrogens with zero attached hydrogens (tertiary/aromatic N) is 2. The molecule has 1 aromatic heterocycles. The third-order valence-corrected chi connectivity index (χ3v) is 7.27. The maximum absolute atomic E-state index is 13.1. The highest BCUT2D eigenvalue weighted by Gasteiger charge is 2.43. The second kappa shape index (κ2) is 10.3. The van der Waals surface area contributed by atoms with Crippen LogP contribution in [-0.4, -0.2) is 44.5 Å². The Morgan fingerprint density at radius 1 is 1.09 bits per heavy atom. The minimum absolute atomic E-state index is 0.0489. The van der Waals surface area contributed by atoms with E-state index in [9.17, 15) is 8.42 Å². The molecule has 0 spiro atoms. The Balaban J connectivity index is 1.51. The number of nitrogens with one attached hydrogen (secondary N) is 1. The molecule has 4 rings (SSSR count). The quantitative estimate of drug-likeness (QED) is 0.515. The van der Waals surface area contributed by atoms with E-state index in [0.29, 0.717) is 23.8 Å². The first-order chi connectivity index (χ1) is 16.0. The lowest BCUT2D eigenvalue weighted by molar-refractivity contribution is -0.110. The van der Waals surface area contributed by atoms with Crippen molar-refractivity contribution in [3.05, 3.63) is 89.7 Å². The van der Waals surface area contributed by atoms with Crippen LogP contribution in [0.4, 0.5) is 0 Å². The number of pyridine rings is 1. The highest BCUT2D eigenvalue weighted by molar-refractivity contribution is 7.90. The molecule has 1 aliphatic heterocycles. The molecule has 8 nitrogen and oxygen atoms in total. The van der Waals surface area contributed by atoms with Crippen molar-refractivity contribution in [3.63, 3.8) is 0 Å². The van der Waals surface area contributed by atoms with Crippen molar-refractivity contribution in [3.8, 4) is 11.5 Å². The molecule has 0 radical (unpaired) electrons. The number of sulfonamides is 1. The summed E-state index contributed by atoms with van der Waals surface area (Å²) in [5, 5.41) is 0.774. The molecule has 1 aliphatic rings. The van der Waals surface area contributed by atoms with Crippen molar-refractivity contribution >= 4 is 10.0 Å². The lowest BCUT2D eigenvalue weighted by Crippen LogP contribution is -2.39. The summed E-state index contributed by atoms with van der Waals surface area (Å²) >= 11 is 0. The molecule has 33 heavy (non-hydrogen) atoms. The molecule has 0 bridgehead atoms. The number of methoxy groups -OCH3 is 1. The van der Waals surface area contributed by atoms with Gasteiger partial charge in [0.05, 0.1) is 32.0 Å². The smallest absolute Gasteiger partial charge is 0.219 e. The minimum atomic E-state index is -3.69. The number of ether oxygens (including phenoxy) is 2. The molecular formula is C24H27N3O5S. The van der Waals surface area contributed by atoms with Crippen LogP contribution in [0.2, 0.25) is 0 Å². The molecule has 174 valence electrons.